The molecule has 0 saturated heterocycles. The number of rotatable bonds is 8. The Labute approximate surface area is 176 Å². The van der Waals surface area contributed by atoms with Crippen LogP contribution in [-0.4, -0.2) is 43.0 Å². The minimum Gasteiger partial charge on any atom is -0.361 e. The highest BCUT2D eigenvalue weighted by atomic mass is 19.1. The van der Waals surface area contributed by atoms with E-state index in [0.717, 1.165) is 35.0 Å². The van der Waals surface area contributed by atoms with Gasteiger partial charge in [0.1, 0.15) is 11.6 Å². The van der Waals surface area contributed by atoms with Crippen LogP contribution in [0.1, 0.15) is 23.6 Å². The second-order valence-corrected chi connectivity index (χ2v) is 7.54. The lowest BCUT2D eigenvalue weighted by Crippen LogP contribution is -2.38. The molecule has 3 rings (SSSR count). The van der Waals surface area contributed by atoms with E-state index >= 15 is 0 Å². The topological polar surface area (TPSA) is 55.5 Å². The van der Waals surface area contributed by atoms with Crippen LogP contribution in [0.2, 0.25) is 0 Å². The number of H-pyrrole nitrogens is 1. The van der Waals surface area contributed by atoms with E-state index in [1.54, 1.807) is 18.2 Å². The molecule has 0 amide bonds. The number of halogens is 2. The highest BCUT2D eigenvalue weighted by Crippen LogP contribution is 2.19. The lowest BCUT2D eigenvalue weighted by Gasteiger charge is -2.13. The number of benzene rings is 2. The maximum Gasteiger partial charge on any atom is 0.191 e. The van der Waals surface area contributed by atoms with Crippen molar-refractivity contribution in [3.8, 4) is 0 Å². The van der Waals surface area contributed by atoms with Crippen LogP contribution in [0, 0.1) is 11.6 Å². The van der Waals surface area contributed by atoms with Crippen LogP contribution in [0.4, 0.5) is 8.78 Å². The molecule has 0 radical (unpaired) electrons. The maximum atomic E-state index is 14.0. The number of nitrogens with zero attached hydrogens (tertiary/aromatic N) is 2. The van der Waals surface area contributed by atoms with Gasteiger partial charge >= 0.3 is 0 Å². The molecule has 30 heavy (non-hydrogen) atoms. The third-order valence-electron chi connectivity index (χ3n) is 4.78. The van der Waals surface area contributed by atoms with Crippen molar-refractivity contribution in [3.63, 3.8) is 0 Å². The van der Waals surface area contributed by atoms with Gasteiger partial charge in [0, 0.05) is 42.3 Å². The number of aromatic amines is 1. The van der Waals surface area contributed by atoms with E-state index in [4.69, 9.17) is 0 Å². The number of hydrogen-bond donors (Lipinski definition) is 3. The van der Waals surface area contributed by atoms with Crippen molar-refractivity contribution in [2.75, 3.05) is 27.2 Å². The quantitative estimate of drug-likeness (QED) is 0.389. The molecular formula is C23H29F2N5. The molecule has 0 bridgehead atoms. The van der Waals surface area contributed by atoms with Gasteiger partial charge in [-0.3, -0.25) is 0 Å². The molecule has 160 valence electrons. The molecule has 3 aromatic rings. The van der Waals surface area contributed by atoms with Crippen molar-refractivity contribution < 1.29 is 8.78 Å². The zero-order valence-corrected chi connectivity index (χ0v) is 17.7. The van der Waals surface area contributed by atoms with E-state index in [-0.39, 0.29) is 11.6 Å². The molecule has 0 atom stereocenters. The van der Waals surface area contributed by atoms with Gasteiger partial charge in [0.25, 0.3) is 0 Å². The molecule has 0 spiro atoms. The van der Waals surface area contributed by atoms with Crippen molar-refractivity contribution in [1.29, 1.82) is 0 Å². The summed E-state index contributed by atoms with van der Waals surface area (Å²) in [6.07, 6.45) is 2.65. The molecule has 7 heteroatoms. The summed E-state index contributed by atoms with van der Waals surface area (Å²) in [7, 11) is 3.83. The summed E-state index contributed by atoms with van der Waals surface area (Å²) < 4.78 is 27.5. The summed E-state index contributed by atoms with van der Waals surface area (Å²) in [4.78, 5) is 9.73. The number of fused-ring (bicyclic) bond motifs is 1. The number of aliphatic imine (C=N–C) groups is 1. The molecule has 0 aliphatic carbocycles. The van der Waals surface area contributed by atoms with Gasteiger partial charge in [-0.25, -0.2) is 13.8 Å². The molecule has 0 aliphatic heterocycles. The molecule has 5 nitrogen and oxygen atoms in total. The zero-order chi connectivity index (χ0) is 21.5. The van der Waals surface area contributed by atoms with Crippen LogP contribution >= 0.6 is 0 Å². The maximum absolute atomic E-state index is 14.0. The summed E-state index contributed by atoms with van der Waals surface area (Å²) in [5.41, 5.74) is 3.60. The van der Waals surface area contributed by atoms with Crippen molar-refractivity contribution >= 4 is 16.9 Å². The second-order valence-electron chi connectivity index (χ2n) is 7.54. The van der Waals surface area contributed by atoms with Gasteiger partial charge in [-0.05, 0) is 68.9 Å². The predicted molar refractivity (Wildman–Crippen MR) is 119 cm³/mol. The molecular weight excluding hydrogens is 384 g/mol. The average Bonchev–Trinajstić information content (AvgIpc) is 3.10. The largest absolute Gasteiger partial charge is 0.361 e. The Morgan fingerprint density at radius 1 is 1.07 bits per heavy atom. The van der Waals surface area contributed by atoms with Crippen LogP contribution in [-0.2, 0) is 19.5 Å². The van der Waals surface area contributed by atoms with E-state index in [1.807, 2.05) is 38.2 Å². The first kappa shape index (κ1) is 21.8. The zero-order valence-electron chi connectivity index (χ0n) is 17.7. The molecule has 0 aliphatic rings. The summed E-state index contributed by atoms with van der Waals surface area (Å²) >= 11 is 0. The molecule has 3 N–H and O–H groups in total. The molecule has 1 aromatic heterocycles. The van der Waals surface area contributed by atoms with Gasteiger partial charge in [-0.2, -0.15) is 0 Å². The normalized spacial score (nSPS) is 12.0. The number of guanidine groups is 1. The molecule has 0 unspecified atom stereocenters. The Balaban J connectivity index is 1.62. The SMILES string of the molecule is CCNC(=NCc1ccc(F)c(CN(C)C)c1)NCCc1c[nH]c2ccc(F)cc12. The summed E-state index contributed by atoms with van der Waals surface area (Å²) in [5, 5.41) is 7.44. The Morgan fingerprint density at radius 3 is 2.67 bits per heavy atom. The minimum absolute atomic E-state index is 0.198. The van der Waals surface area contributed by atoms with E-state index in [9.17, 15) is 8.78 Å². The minimum atomic E-state index is -0.237. The predicted octanol–water partition coefficient (Wildman–Crippen LogP) is 3.81. The Kier molecular flexibility index (Phi) is 7.41. The van der Waals surface area contributed by atoms with Gasteiger partial charge in [-0.1, -0.05) is 6.07 Å². The average molecular weight is 414 g/mol. The lowest BCUT2D eigenvalue weighted by molar-refractivity contribution is 0.392. The Hall–Kier alpha value is -2.93. The fourth-order valence-electron chi connectivity index (χ4n) is 3.37. The third-order valence-corrected chi connectivity index (χ3v) is 4.78. The van der Waals surface area contributed by atoms with Crippen LogP contribution in [0.15, 0.2) is 47.6 Å². The Bertz CT molecular complexity index is 1010. The van der Waals surface area contributed by atoms with E-state index in [0.29, 0.717) is 31.2 Å². The number of aromatic nitrogens is 1. The van der Waals surface area contributed by atoms with Gasteiger partial charge in [0.05, 0.1) is 6.54 Å². The van der Waals surface area contributed by atoms with Crippen molar-refractivity contribution in [2.45, 2.75) is 26.4 Å². The standard InChI is InChI=1S/C23H29F2N5/c1-4-26-23(29-13-16-5-7-21(25)18(11-16)15-30(2)3)27-10-9-17-14-28-22-8-6-19(24)12-20(17)22/h5-8,11-12,14,28H,4,9-10,13,15H2,1-3H3,(H2,26,27,29). The van der Waals surface area contributed by atoms with Gasteiger partial charge in [0.2, 0.25) is 0 Å². The fraction of sp³-hybridized carbons (Fsp3) is 0.348. The molecule has 1 heterocycles. The number of nitrogens with one attached hydrogen (secondary N) is 3. The summed E-state index contributed by atoms with van der Waals surface area (Å²) in [6, 6.07) is 9.89. The highest BCUT2D eigenvalue weighted by molar-refractivity contribution is 5.83. The molecule has 0 saturated carbocycles. The Morgan fingerprint density at radius 2 is 1.90 bits per heavy atom. The van der Waals surface area contributed by atoms with Crippen LogP contribution in [0.25, 0.3) is 10.9 Å². The molecule has 2 aromatic carbocycles. The fourth-order valence-corrected chi connectivity index (χ4v) is 3.37. The van der Waals surface area contributed by atoms with Gasteiger partial charge in [0.15, 0.2) is 5.96 Å². The van der Waals surface area contributed by atoms with Gasteiger partial charge < -0.3 is 20.5 Å². The van der Waals surface area contributed by atoms with Crippen molar-refractivity contribution in [1.82, 2.24) is 20.5 Å². The van der Waals surface area contributed by atoms with Crippen molar-refractivity contribution in [3.05, 3.63) is 70.9 Å². The van der Waals surface area contributed by atoms with Crippen LogP contribution in [0.3, 0.4) is 0 Å². The smallest absolute Gasteiger partial charge is 0.191 e. The second kappa shape index (κ2) is 10.2. The van der Waals surface area contributed by atoms with Crippen LogP contribution in [0.5, 0.6) is 0 Å². The third kappa shape index (κ3) is 5.79. The first-order chi connectivity index (χ1) is 14.5. The number of hydrogen-bond acceptors (Lipinski definition) is 2. The van der Waals surface area contributed by atoms with Crippen LogP contribution < -0.4 is 10.6 Å². The van der Waals surface area contributed by atoms with E-state index in [2.05, 4.69) is 20.6 Å². The molecule has 0 fully saturated rings. The summed E-state index contributed by atoms with van der Waals surface area (Å²) in [6.45, 7) is 4.40. The monoisotopic (exact) mass is 413 g/mol. The lowest BCUT2D eigenvalue weighted by atomic mass is 10.1. The van der Waals surface area contributed by atoms with Crippen molar-refractivity contribution in [2.24, 2.45) is 4.99 Å². The van der Waals surface area contributed by atoms with Gasteiger partial charge in [-0.15, -0.1) is 0 Å². The van der Waals surface area contributed by atoms with E-state index < -0.39 is 0 Å². The first-order valence-corrected chi connectivity index (χ1v) is 10.2. The first-order valence-electron chi connectivity index (χ1n) is 10.2. The summed E-state index contributed by atoms with van der Waals surface area (Å²) in [5.74, 6) is 0.262. The van der Waals surface area contributed by atoms with E-state index in [1.165, 1.54) is 12.1 Å². The highest BCUT2D eigenvalue weighted by Gasteiger charge is 2.07.